The number of benzene rings is 5. The Morgan fingerprint density at radius 1 is 0.714 bits per heavy atom. The van der Waals surface area contributed by atoms with Crippen LogP contribution in [0.15, 0.2) is 103 Å². The molecule has 0 spiro atoms. The molecular weight excluding hydrogens is 524 g/mol. The predicted molar refractivity (Wildman–Crippen MR) is 169 cm³/mol. The summed E-state index contributed by atoms with van der Waals surface area (Å²) in [6, 6.07) is 33.6. The first-order chi connectivity index (χ1) is 20.6. The van der Waals surface area contributed by atoms with Crippen LogP contribution in [0.25, 0.3) is 21.9 Å². The standard InChI is InChI=1S/C36H36N2O4/c1-41-33-4-2-3-29(25-33)38-19-17-37(18-20-38)21-22-42-32-13-5-26(6-14-32)23-36-34(27-7-10-30(39)11-8-27)15-9-28-24-31(40)12-16-35(28)36/h2-16,24-25,39-40H,17-23H2,1H3. The molecule has 1 saturated heterocycles. The lowest BCUT2D eigenvalue weighted by Gasteiger charge is -2.36. The number of rotatable bonds is 9. The average Bonchev–Trinajstić information content (AvgIpc) is 3.03. The quantitative estimate of drug-likeness (QED) is 0.209. The number of phenols is 2. The zero-order valence-electron chi connectivity index (χ0n) is 23.9. The normalized spacial score (nSPS) is 13.8. The number of ether oxygens (including phenoxy) is 2. The number of nitrogens with zero attached hydrogens (tertiary/aromatic N) is 2. The van der Waals surface area contributed by atoms with Crippen LogP contribution in [0.4, 0.5) is 5.69 Å². The number of piperazine rings is 1. The molecule has 214 valence electrons. The number of hydrogen-bond donors (Lipinski definition) is 2. The van der Waals surface area contributed by atoms with Crippen LogP contribution in [0, 0.1) is 0 Å². The Balaban J connectivity index is 1.08. The molecule has 0 unspecified atom stereocenters. The third-order valence-corrected chi connectivity index (χ3v) is 8.06. The second-order valence-electron chi connectivity index (χ2n) is 10.7. The SMILES string of the molecule is COc1cccc(N2CCN(CCOc3ccc(Cc4c(-c5ccc(O)cc5)ccc5cc(O)ccc45)cc3)CC2)c1. The van der Waals surface area contributed by atoms with Gasteiger partial charge in [0.15, 0.2) is 0 Å². The minimum Gasteiger partial charge on any atom is -0.508 e. The van der Waals surface area contributed by atoms with Gasteiger partial charge in [-0.1, -0.05) is 48.5 Å². The number of phenolic OH excluding ortho intramolecular Hbond substituents is 2. The molecule has 0 aliphatic carbocycles. The summed E-state index contributed by atoms with van der Waals surface area (Å²) < 4.78 is 11.5. The van der Waals surface area contributed by atoms with Gasteiger partial charge < -0.3 is 24.6 Å². The second kappa shape index (κ2) is 12.5. The van der Waals surface area contributed by atoms with Gasteiger partial charge in [-0.3, -0.25) is 4.90 Å². The van der Waals surface area contributed by atoms with Crippen LogP contribution in [0.2, 0.25) is 0 Å². The molecule has 2 N–H and O–H groups in total. The first-order valence-electron chi connectivity index (χ1n) is 14.4. The van der Waals surface area contributed by atoms with Gasteiger partial charge in [0.1, 0.15) is 29.6 Å². The smallest absolute Gasteiger partial charge is 0.120 e. The molecule has 5 aromatic rings. The van der Waals surface area contributed by atoms with Gasteiger partial charge in [-0.15, -0.1) is 0 Å². The van der Waals surface area contributed by atoms with Crippen LogP contribution in [0.1, 0.15) is 11.1 Å². The lowest BCUT2D eigenvalue weighted by atomic mass is 9.90. The third kappa shape index (κ3) is 6.29. The minimum atomic E-state index is 0.247. The zero-order valence-corrected chi connectivity index (χ0v) is 23.9. The number of anilines is 1. The van der Waals surface area contributed by atoms with E-state index in [4.69, 9.17) is 9.47 Å². The van der Waals surface area contributed by atoms with E-state index in [1.165, 1.54) is 16.8 Å². The molecule has 1 fully saturated rings. The van der Waals surface area contributed by atoms with E-state index in [1.54, 1.807) is 31.4 Å². The molecule has 0 amide bonds. The lowest BCUT2D eigenvalue weighted by Crippen LogP contribution is -2.47. The molecule has 1 heterocycles. The molecule has 0 radical (unpaired) electrons. The van der Waals surface area contributed by atoms with Crippen LogP contribution in [-0.2, 0) is 6.42 Å². The van der Waals surface area contributed by atoms with Crippen molar-refractivity contribution in [3.05, 3.63) is 114 Å². The Kier molecular flexibility index (Phi) is 8.15. The highest BCUT2D eigenvalue weighted by atomic mass is 16.5. The Labute approximate surface area is 247 Å². The maximum absolute atomic E-state index is 10.0. The van der Waals surface area contributed by atoms with Gasteiger partial charge >= 0.3 is 0 Å². The average molecular weight is 561 g/mol. The maximum Gasteiger partial charge on any atom is 0.120 e. The van der Waals surface area contributed by atoms with Crippen LogP contribution < -0.4 is 14.4 Å². The van der Waals surface area contributed by atoms with Gasteiger partial charge in [-0.05, 0) is 88.0 Å². The van der Waals surface area contributed by atoms with Gasteiger partial charge in [-0.2, -0.15) is 0 Å². The largest absolute Gasteiger partial charge is 0.508 e. The van der Waals surface area contributed by atoms with Crippen molar-refractivity contribution in [3.63, 3.8) is 0 Å². The molecule has 6 heteroatoms. The van der Waals surface area contributed by atoms with Crippen molar-refractivity contribution in [2.24, 2.45) is 0 Å². The van der Waals surface area contributed by atoms with Gasteiger partial charge in [0.25, 0.3) is 0 Å². The summed E-state index contributed by atoms with van der Waals surface area (Å²) in [7, 11) is 1.71. The van der Waals surface area contributed by atoms with Crippen molar-refractivity contribution < 1.29 is 19.7 Å². The fraction of sp³-hybridized carbons (Fsp3) is 0.222. The molecule has 0 bridgehead atoms. The molecule has 6 rings (SSSR count). The molecular formula is C36H36N2O4. The molecule has 1 aliphatic heterocycles. The monoisotopic (exact) mass is 560 g/mol. The third-order valence-electron chi connectivity index (χ3n) is 8.06. The second-order valence-corrected chi connectivity index (χ2v) is 10.7. The Morgan fingerprint density at radius 2 is 1.48 bits per heavy atom. The highest BCUT2D eigenvalue weighted by molar-refractivity contribution is 5.93. The first kappa shape index (κ1) is 27.5. The summed E-state index contributed by atoms with van der Waals surface area (Å²) in [4.78, 5) is 4.86. The number of aromatic hydroxyl groups is 2. The van der Waals surface area contributed by atoms with Crippen LogP contribution in [0.5, 0.6) is 23.0 Å². The number of methoxy groups -OCH3 is 1. The maximum atomic E-state index is 10.0. The van der Waals surface area contributed by atoms with Crippen molar-refractivity contribution in [2.45, 2.75) is 6.42 Å². The highest BCUT2D eigenvalue weighted by Crippen LogP contribution is 2.34. The van der Waals surface area contributed by atoms with E-state index in [9.17, 15) is 10.2 Å². The summed E-state index contributed by atoms with van der Waals surface area (Å²) >= 11 is 0. The van der Waals surface area contributed by atoms with Gasteiger partial charge in [0, 0.05) is 44.5 Å². The summed E-state index contributed by atoms with van der Waals surface area (Å²) in [5, 5.41) is 21.9. The number of hydrogen-bond acceptors (Lipinski definition) is 6. The zero-order chi connectivity index (χ0) is 28.9. The molecule has 0 aromatic heterocycles. The van der Waals surface area contributed by atoms with Crippen molar-refractivity contribution in [3.8, 4) is 34.1 Å². The van der Waals surface area contributed by atoms with E-state index >= 15 is 0 Å². The highest BCUT2D eigenvalue weighted by Gasteiger charge is 2.17. The fourth-order valence-electron chi connectivity index (χ4n) is 5.72. The Bertz CT molecular complexity index is 1640. The van der Waals surface area contributed by atoms with Crippen LogP contribution in [0.3, 0.4) is 0 Å². The molecule has 5 aromatic carbocycles. The predicted octanol–water partition coefficient (Wildman–Crippen LogP) is 6.72. The molecule has 0 atom stereocenters. The molecule has 6 nitrogen and oxygen atoms in total. The van der Waals surface area contributed by atoms with Gasteiger partial charge in [0.2, 0.25) is 0 Å². The summed E-state index contributed by atoms with van der Waals surface area (Å²) in [5.41, 5.74) is 5.72. The van der Waals surface area contributed by atoms with E-state index in [0.29, 0.717) is 6.61 Å². The number of fused-ring (bicyclic) bond motifs is 1. The first-order valence-corrected chi connectivity index (χ1v) is 14.4. The Morgan fingerprint density at radius 3 is 2.24 bits per heavy atom. The lowest BCUT2D eigenvalue weighted by molar-refractivity contribution is 0.200. The van der Waals surface area contributed by atoms with E-state index in [2.05, 4.69) is 40.1 Å². The van der Waals surface area contributed by atoms with Crippen molar-refractivity contribution in [2.75, 3.05) is 51.3 Å². The van der Waals surface area contributed by atoms with E-state index in [-0.39, 0.29) is 11.5 Å². The summed E-state index contributed by atoms with van der Waals surface area (Å²) in [6.45, 7) is 5.53. The minimum absolute atomic E-state index is 0.247. The van der Waals surface area contributed by atoms with E-state index in [0.717, 1.165) is 72.5 Å². The van der Waals surface area contributed by atoms with Gasteiger partial charge in [-0.25, -0.2) is 0 Å². The fourth-order valence-corrected chi connectivity index (χ4v) is 5.72. The van der Waals surface area contributed by atoms with Gasteiger partial charge in [0.05, 0.1) is 7.11 Å². The summed E-state index contributed by atoms with van der Waals surface area (Å²) in [5.74, 6) is 2.27. The Hall–Kier alpha value is -4.68. The molecule has 1 aliphatic rings. The summed E-state index contributed by atoms with van der Waals surface area (Å²) in [6.07, 6.45) is 0.732. The van der Waals surface area contributed by atoms with E-state index < -0.39 is 0 Å². The van der Waals surface area contributed by atoms with Crippen LogP contribution in [-0.4, -0.2) is 61.6 Å². The van der Waals surface area contributed by atoms with Crippen molar-refractivity contribution in [1.29, 1.82) is 0 Å². The molecule has 0 saturated carbocycles. The molecule has 42 heavy (non-hydrogen) atoms. The van der Waals surface area contributed by atoms with Crippen molar-refractivity contribution >= 4 is 16.5 Å². The topological polar surface area (TPSA) is 65.4 Å². The van der Waals surface area contributed by atoms with E-state index in [1.807, 2.05) is 48.5 Å². The van der Waals surface area contributed by atoms with Crippen molar-refractivity contribution in [1.82, 2.24) is 4.90 Å². The van der Waals surface area contributed by atoms with Crippen LogP contribution >= 0.6 is 0 Å².